The highest BCUT2D eigenvalue weighted by molar-refractivity contribution is 5.92. The summed E-state index contributed by atoms with van der Waals surface area (Å²) in [5, 5.41) is 5.98. The van der Waals surface area contributed by atoms with Gasteiger partial charge in [-0.05, 0) is 44.5 Å². The molecule has 0 aliphatic carbocycles. The van der Waals surface area contributed by atoms with E-state index in [0.29, 0.717) is 24.7 Å². The van der Waals surface area contributed by atoms with E-state index in [1.54, 1.807) is 13.3 Å². The molecule has 0 saturated heterocycles. The van der Waals surface area contributed by atoms with Crippen molar-refractivity contribution in [3.8, 4) is 0 Å². The molecular weight excluding hydrogens is 330 g/mol. The quantitative estimate of drug-likeness (QED) is 0.637. The second-order valence-electron chi connectivity index (χ2n) is 5.73. The number of carbonyl (C=O) groups excluding carboxylic acids is 1. The zero-order valence-electron chi connectivity index (χ0n) is 15.7. The Morgan fingerprint density at radius 1 is 1.12 bits per heavy atom. The minimum absolute atomic E-state index is 0.233. The third-order valence-electron chi connectivity index (χ3n) is 3.96. The van der Waals surface area contributed by atoms with Gasteiger partial charge in [-0.1, -0.05) is 0 Å². The van der Waals surface area contributed by atoms with Gasteiger partial charge in [0.1, 0.15) is 11.5 Å². The highest BCUT2D eigenvalue weighted by Crippen LogP contribution is 2.20. The number of ether oxygens (including phenoxy) is 1. The Hall–Kier alpha value is -2.67. The maximum atomic E-state index is 12.0. The second-order valence-corrected chi connectivity index (χ2v) is 5.73. The fourth-order valence-electron chi connectivity index (χ4n) is 2.51. The summed E-state index contributed by atoms with van der Waals surface area (Å²) in [4.78, 5) is 22.7. The van der Waals surface area contributed by atoms with E-state index in [0.717, 1.165) is 25.2 Å². The average molecular weight is 357 g/mol. The topological polar surface area (TPSA) is 79.4 Å². The second kappa shape index (κ2) is 10.4. The van der Waals surface area contributed by atoms with Gasteiger partial charge in [-0.2, -0.15) is 0 Å². The molecule has 0 saturated carbocycles. The standard InChI is InChI=1S/C19H27N5O2/c1-4-24(5-2)16-9-7-15(8-10-16)23-18-14-21-17(13-22-18)19(25)20-11-6-12-26-3/h7-10,13-14H,4-6,11-12H2,1-3H3,(H,20,25)(H,22,23). The van der Waals surface area contributed by atoms with Crippen LogP contribution in [0.4, 0.5) is 17.2 Å². The minimum atomic E-state index is -0.233. The summed E-state index contributed by atoms with van der Waals surface area (Å²) >= 11 is 0. The number of hydrogen-bond donors (Lipinski definition) is 2. The van der Waals surface area contributed by atoms with Crippen molar-refractivity contribution in [3.63, 3.8) is 0 Å². The van der Waals surface area contributed by atoms with Gasteiger partial charge >= 0.3 is 0 Å². The lowest BCUT2D eigenvalue weighted by atomic mass is 10.2. The molecule has 2 N–H and O–H groups in total. The van der Waals surface area contributed by atoms with Crippen LogP contribution in [0.25, 0.3) is 0 Å². The molecule has 1 aromatic carbocycles. The van der Waals surface area contributed by atoms with Crippen LogP contribution in [0, 0.1) is 0 Å². The van der Waals surface area contributed by atoms with E-state index in [1.807, 2.05) is 12.1 Å². The van der Waals surface area contributed by atoms with E-state index in [1.165, 1.54) is 11.9 Å². The van der Waals surface area contributed by atoms with Crippen LogP contribution >= 0.6 is 0 Å². The largest absolute Gasteiger partial charge is 0.385 e. The summed E-state index contributed by atoms with van der Waals surface area (Å²) in [7, 11) is 1.64. The molecule has 2 rings (SSSR count). The van der Waals surface area contributed by atoms with Gasteiger partial charge in [0, 0.05) is 44.7 Å². The first-order valence-corrected chi connectivity index (χ1v) is 8.89. The maximum Gasteiger partial charge on any atom is 0.271 e. The van der Waals surface area contributed by atoms with Crippen LogP contribution in [0.2, 0.25) is 0 Å². The predicted octanol–water partition coefficient (Wildman–Crippen LogP) is 2.83. The first-order valence-electron chi connectivity index (χ1n) is 8.89. The Morgan fingerprint density at radius 3 is 2.42 bits per heavy atom. The number of benzene rings is 1. The van der Waals surface area contributed by atoms with Gasteiger partial charge in [0.15, 0.2) is 0 Å². The number of nitrogens with zero attached hydrogens (tertiary/aromatic N) is 3. The molecule has 1 aromatic heterocycles. The molecule has 0 unspecified atom stereocenters. The predicted molar refractivity (Wildman–Crippen MR) is 104 cm³/mol. The number of carbonyl (C=O) groups is 1. The van der Waals surface area contributed by atoms with Crippen molar-refractivity contribution in [2.75, 3.05) is 43.6 Å². The monoisotopic (exact) mass is 357 g/mol. The molecule has 1 amide bonds. The van der Waals surface area contributed by atoms with Crippen LogP contribution in [0.5, 0.6) is 0 Å². The fraction of sp³-hybridized carbons (Fsp3) is 0.421. The van der Waals surface area contributed by atoms with Gasteiger partial charge in [0.05, 0.1) is 12.4 Å². The van der Waals surface area contributed by atoms with E-state index >= 15 is 0 Å². The van der Waals surface area contributed by atoms with Crippen molar-refractivity contribution in [1.29, 1.82) is 0 Å². The lowest BCUT2D eigenvalue weighted by Gasteiger charge is -2.21. The third-order valence-corrected chi connectivity index (χ3v) is 3.96. The molecule has 26 heavy (non-hydrogen) atoms. The Labute approximate surface area is 154 Å². The van der Waals surface area contributed by atoms with E-state index in [2.05, 4.69) is 51.5 Å². The molecule has 2 aromatic rings. The van der Waals surface area contributed by atoms with E-state index in [9.17, 15) is 4.79 Å². The van der Waals surface area contributed by atoms with E-state index in [-0.39, 0.29) is 5.91 Å². The van der Waals surface area contributed by atoms with E-state index < -0.39 is 0 Å². The van der Waals surface area contributed by atoms with Crippen molar-refractivity contribution in [2.24, 2.45) is 0 Å². The van der Waals surface area contributed by atoms with Gasteiger partial charge in [0.2, 0.25) is 0 Å². The first-order chi connectivity index (χ1) is 12.7. The van der Waals surface area contributed by atoms with Crippen LogP contribution in [-0.2, 0) is 4.74 Å². The minimum Gasteiger partial charge on any atom is -0.385 e. The molecule has 0 fully saturated rings. The fourth-order valence-corrected chi connectivity index (χ4v) is 2.51. The molecule has 0 aliphatic heterocycles. The Bertz CT molecular complexity index is 669. The van der Waals surface area contributed by atoms with Crippen LogP contribution in [0.15, 0.2) is 36.7 Å². The molecular formula is C19H27N5O2. The van der Waals surface area contributed by atoms with Crippen LogP contribution in [0.1, 0.15) is 30.8 Å². The van der Waals surface area contributed by atoms with Crippen LogP contribution in [-0.4, -0.2) is 49.2 Å². The van der Waals surface area contributed by atoms with Gasteiger partial charge in [-0.15, -0.1) is 0 Å². The Kier molecular flexibility index (Phi) is 7.82. The number of anilines is 3. The molecule has 0 radical (unpaired) electrons. The van der Waals surface area contributed by atoms with Gasteiger partial charge in [-0.25, -0.2) is 9.97 Å². The van der Waals surface area contributed by atoms with E-state index in [4.69, 9.17) is 4.74 Å². The Balaban J connectivity index is 1.91. The molecule has 7 heteroatoms. The summed E-state index contributed by atoms with van der Waals surface area (Å²) < 4.78 is 4.94. The number of rotatable bonds is 10. The van der Waals surface area contributed by atoms with Crippen molar-refractivity contribution in [3.05, 3.63) is 42.4 Å². The number of amides is 1. The molecule has 0 aliphatic rings. The van der Waals surface area contributed by atoms with Crippen molar-refractivity contribution < 1.29 is 9.53 Å². The SMILES string of the molecule is CCN(CC)c1ccc(Nc2cnc(C(=O)NCCCOC)cn2)cc1. The first kappa shape index (κ1) is 19.7. The molecule has 0 bridgehead atoms. The lowest BCUT2D eigenvalue weighted by molar-refractivity contribution is 0.0943. The summed E-state index contributed by atoms with van der Waals surface area (Å²) in [5.74, 6) is 0.361. The molecule has 0 atom stereocenters. The number of aromatic nitrogens is 2. The van der Waals surface area contributed by atoms with Gasteiger partial charge in [0.25, 0.3) is 5.91 Å². The zero-order chi connectivity index (χ0) is 18.8. The lowest BCUT2D eigenvalue weighted by Crippen LogP contribution is -2.26. The number of nitrogens with one attached hydrogen (secondary N) is 2. The van der Waals surface area contributed by atoms with Gasteiger partial charge < -0.3 is 20.3 Å². The molecule has 7 nitrogen and oxygen atoms in total. The normalized spacial score (nSPS) is 10.4. The van der Waals surface area contributed by atoms with Crippen molar-refractivity contribution in [1.82, 2.24) is 15.3 Å². The van der Waals surface area contributed by atoms with Crippen molar-refractivity contribution in [2.45, 2.75) is 20.3 Å². The van der Waals surface area contributed by atoms with Crippen molar-refractivity contribution >= 4 is 23.1 Å². The number of methoxy groups -OCH3 is 1. The summed E-state index contributed by atoms with van der Waals surface area (Å²) in [5.41, 5.74) is 2.41. The summed E-state index contributed by atoms with van der Waals surface area (Å²) in [6, 6.07) is 8.16. The maximum absolute atomic E-state index is 12.0. The van der Waals surface area contributed by atoms with Crippen LogP contribution in [0.3, 0.4) is 0 Å². The summed E-state index contributed by atoms with van der Waals surface area (Å²) in [6.07, 6.45) is 3.79. The highest BCUT2D eigenvalue weighted by atomic mass is 16.5. The molecule has 1 heterocycles. The average Bonchev–Trinajstić information content (AvgIpc) is 2.68. The zero-order valence-corrected chi connectivity index (χ0v) is 15.7. The van der Waals surface area contributed by atoms with Gasteiger partial charge in [-0.3, -0.25) is 4.79 Å². The number of hydrogen-bond acceptors (Lipinski definition) is 6. The third kappa shape index (κ3) is 5.70. The van der Waals surface area contributed by atoms with Crippen LogP contribution < -0.4 is 15.5 Å². The highest BCUT2D eigenvalue weighted by Gasteiger charge is 2.07. The summed E-state index contributed by atoms with van der Waals surface area (Å²) in [6.45, 7) is 7.39. The molecule has 0 spiro atoms. The Morgan fingerprint density at radius 2 is 1.85 bits per heavy atom. The smallest absolute Gasteiger partial charge is 0.271 e. The molecule has 140 valence electrons.